The Hall–Kier alpha value is -3.40. The molecule has 32 atom stereocenters. The van der Waals surface area contributed by atoms with Crippen LogP contribution in [0.1, 0.15) is 39.5 Å². The average Bonchev–Trinajstić information content (AvgIpc) is 0.772. The van der Waals surface area contributed by atoms with Crippen LogP contribution in [0.15, 0.2) is 0 Å². The van der Waals surface area contributed by atoms with Gasteiger partial charge >= 0.3 is 5.97 Å². The molecule has 11 unspecified atom stereocenters. The third kappa shape index (κ3) is 18.0. The quantitative estimate of drug-likeness (QED) is 0.0297. The third-order valence-corrected chi connectivity index (χ3v) is 16.1. The van der Waals surface area contributed by atoms with Gasteiger partial charge in [-0.3, -0.25) is 14.4 Å². The van der Waals surface area contributed by atoms with Crippen LogP contribution < -0.4 is 16.0 Å². The first-order chi connectivity index (χ1) is 43.1. The van der Waals surface area contributed by atoms with Crippen molar-refractivity contribution in [3.05, 3.63) is 0 Å². The fourth-order valence-corrected chi connectivity index (χ4v) is 11.2. The van der Waals surface area contributed by atoms with Gasteiger partial charge in [-0.25, -0.2) is 4.79 Å². The van der Waals surface area contributed by atoms with Crippen LogP contribution in [0.4, 0.5) is 0 Å². The summed E-state index contributed by atoms with van der Waals surface area (Å²) in [7, 11) is 0. The highest BCUT2D eigenvalue weighted by atomic mass is 16.8. The molecule has 528 valence electrons. The molecular formula is C51H87N3O37. The van der Waals surface area contributed by atoms with Gasteiger partial charge in [0.1, 0.15) is 140 Å². The summed E-state index contributed by atoms with van der Waals surface area (Å²) < 4.78 is 69.0. The molecule has 0 aromatic carbocycles. The van der Waals surface area contributed by atoms with Crippen molar-refractivity contribution in [2.45, 2.75) is 235 Å². The van der Waals surface area contributed by atoms with Crippen molar-refractivity contribution in [2.24, 2.45) is 0 Å². The Labute approximate surface area is 516 Å². The summed E-state index contributed by atoms with van der Waals surface area (Å²) in [6, 6.07) is -3.63. The van der Waals surface area contributed by atoms with E-state index in [0.29, 0.717) is 19.3 Å². The number of carboxylic acids is 1. The van der Waals surface area contributed by atoms with Gasteiger partial charge in [0.2, 0.25) is 11.8 Å². The zero-order chi connectivity index (χ0) is 67.5. The van der Waals surface area contributed by atoms with Crippen molar-refractivity contribution < 1.29 is 183 Å². The lowest BCUT2D eigenvalue weighted by atomic mass is 9.88. The lowest BCUT2D eigenvalue weighted by molar-refractivity contribution is -0.392. The Kier molecular flexibility index (Phi) is 29.1. The number of carboxylic acid groups (broad SMARTS) is 1. The molecule has 0 saturated carbocycles. The molecule has 6 fully saturated rings. The molecule has 6 aliphatic heterocycles. The minimum Gasteiger partial charge on any atom is -0.477 e. The molecule has 6 saturated heterocycles. The van der Waals surface area contributed by atoms with Gasteiger partial charge in [-0.1, -0.05) is 0 Å². The van der Waals surface area contributed by atoms with Crippen LogP contribution in [0.3, 0.4) is 0 Å². The second kappa shape index (κ2) is 34.5. The van der Waals surface area contributed by atoms with E-state index in [9.17, 15) is 121 Å². The normalized spacial score (nSPS) is 43.2. The lowest BCUT2D eigenvalue weighted by Gasteiger charge is -2.51. The van der Waals surface area contributed by atoms with Gasteiger partial charge in [0.15, 0.2) is 37.6 Å². The summed E-state index contributed by atoms with van der Waals surface area (Å²) in [5.41, 5.74) is 0. The predicted octanol–water partition coefficient (Wildman–Crippen LogP) is -14.9. The monoisotopic (exact) mass is 1330 g/mol. The molecule has 0 aromatic heterocycles. The fraction of sp³-hybridized carbons (Fsp3) is 0.922. The van der Waals surface area contributed by atoms with Gasteiger partial charge in [-0.05, 0) is 19.3 Å². The maximum Gasteiger partial charge on any atom is 0.364 e. The highest BCUT2D eigenvalue weighted by molar-refractivity contribution is 5.80. The summed E-state index contributed by atoms with van der Waals surface area (Å²) in [6.45, 7) is -5.24. The maximum absolute atomic E-state index is 13.1. The molecule has 0 spiro atoms. The van der Waals surface area contributed by atoms with E-state index in [1.807, 2.05) is 0 Å². The zero-order valence-electron chi connectivity index (χ0n) is 49.0. The molecule has 0 radical (unpaired) electrons. The molecule has 40 nitrogen and oxygen atoms in total. The highest BCUT2D eigenvalue weighted by Crippen LogP contribution is 2.40. The van der Waals surface area contributed by atoms with Crippen molar-refractivity contribution in [3.8, 4) is 0 Å². The lowest BCUT2D eigenvalue weighted by Crippen LogP contribution is -2.71. The average molecular weight is 1330 g/mol. The van der Waals surface area contributed by atoms with E-state index in [0.717, 1.165) is 13.8 Å². The number of aliphatic hydroxyl groups is 20. The molecule has 0 aromatic rings. The van der Waals surface area contributed by atoms with E-state index in [2.05, 4.69) is 16.0 Å². The predicted molar refractivity (Wildman–Crippen MR) is 283 cm³/mol. The molecule has 40 heteroatoms. The van der Waals surface area contributed by atoms with Gasteiger partial charge in [-0.15, -0.1) is 0 Å². The number of ether oxygens (including phenoxy) is 12. The number of unbranched alkanes of at least 4 members (excludes halogenated alkanes) is 2. The fourth-order valence-electron chi connectivity index (χ4n) is 11.2. The first-order valence-electron chi connectivity index (χ1n) is 29.1. The molecule has 6 aliphatic rings. The van der Waals surface area contributed by atoms with E-state index < -0.39 is 272 Å². The Morgan fingerprint density at radius 1 is 0.495 bits per heavy atom. The SMILES string of the molecule is CC(=O)N[C@H]1C(O[C@@H]2OC(CO)[C@H](O)C(O[C@]3(C(=O)O)C[C@@H](O)[C@@H](NC(C)=O)C([C@H](O)[C@H](O)CO)O3)[C@@H]2O)[C@@H](O)C(CO)O[C@H]1O[C@@H]1C(O)[C@@H](O[C@H]2C(CO)O[C@@H](O[C@@H]3C(CO)O[C@@H](OCCCCCNC(=O)[C@H](O)CO)[C@@H](O)C3O)[C@@H](O)C2O)OC(CO)[C@@H]1O. The number of nitrogens with one attached hydrogen (secondary N) is 3. The number of hydrogen-bond donors (Lipinski definition) is 24. The van der Waals surface area contributed by atoms with Gasteiger partial charge in [0, 0.05) is 33.4 Å². The van der Waals surface area contributed by atoms with Crippen molar-refractivity contribution in [1.29, 1.82) is 0 Å². The van der Waals surface area contributed by atoms with Crippen LogP contribution in [0.5, 0.6) is 0 Å². The number of carbonyl (C=O) groups excluding carboxylic acids is 3. The number of aliphatic hydroxyl groups excluding tert-OH is 20. The van der Waals surface area contributed by atoms with E-state index >= 15 is 0 Å². The van der Waals surface area contributed by atoms with Crippen molar-refractivity contribution in [2.75, 3.05) is 59.4 Å². The van der Waals surface area contributed by atoms with Crippen molar-refractivity contribution >= 4 is 23.7 Å². The minimum atomic E-state index is -3.24. The summed E-state index contributed by atoms with van der Waals surface area (Å²) >= 11 is 0. The Bertz CT molecular complexity index is 2270. The van der Waals surface area contributed by atoms with E-state index in [-0.39, 0.29) is 13.2 Å². The number of aliphatic carboxylic acids is 1. The van der Waals surface area contributed by atoms with Crippen LogP contribution in [0.2, 0.25) is 0 Å². The van der Waals surface area contributed by atoms with Crippen LogP contribution in [-0.4, -0.2) is 386 Å². The summed E-state index contributed by atoms with van der Waals surface area (Å²) in [5.74, 6) is -7.91. The summed E-state index contributed by atoms with van der Waals surface area (Å²) in [6.07, 6.45) is -58.8. The molecule has 6 heterocycles. The van der Waals surface area contributed by atoms with Gasteiger partial charge in [-0.2, -0.15) is 0 Å². The second-order valence-corrected chi connectivity index (χ2v) is 22.6. The highest BCUT2D eigenvalue weighted by Gasteiger charge is 2.62. The van der Waals surface area contributed by atoms with Gasteiger partial charge in [0.05, 0.1) is 58.4 Å². The van der Waals surface area contributed by atoms with Crippen LogP contribution >= 0.6 is 0 Å². The molecular weight excluding hydrogens is 1250 g/mol. The van der Waals surface area contributed by atoms with Crippen LogP contribution in [0, 0.1) is 0 Å². The Balaban J connectivity index is 1.17. The first-order valence-corrected chi connectivity index (χ1v) is 29.1. The largest absolute Gasteiger partial charge is 0.477 e. The Morgan fingerprint density at radius 2 is 0.934 bits per heavy atom. The zero-order valence-corrected chi connectivity index (χ0v) is 49.0. The molecule has 24 N–H and O–H groups in total. The van der Waals surface area contributed by atoms with Gasteiger partial charge < -0.3 is 180 Å². The first kappa shape index (κ1) is 76.6. The van der Waals surface area contributed by atoms with E-state index in [4.69, 9.17) is 61.9 Å². The smallest absolute Gasteiger partial charge is 0.364 e. The third-order valence-electron chi connectivity index (χ3n) is 16.1. The minimum absolute atomic E-state index is 0.0573. The molecule has 3 amide bonds. The van der Waals surface area contributed by atoms with Crippen LogP contribution in [0.25, 0.3) is 0 Å². The Morgan fingerprint density at radius 3 is 1.44 bits per heavy atom. The molecule has 0 aliphatic carbocycles. The standard InChI is InChI=1S/C51H87N3O37/c1-16(62)53-26-18(64)8-51(50(78)79,90-41(26)28(67)19(65)9-55)91-43-31(70)23(13-59)83-49(37(43)76)88-40-27(54-17(2)63)45(81-21(11-57)29(40)68)89-42-30(69)22(12-58)82-48(36(42)75)87-39-25(15-61)85-47(35(74)33(39)72)86-38-24(14-60)84-46(34(73)32(38)71)80-7-5-3-4-6-52-44(77)20(66)10-56/h18-43,45-49,55-61,64-76H,3-15H2,1-2H3,(H,52,77)(H,53,62)(H,54,63)(H,78,79)/t18-,19-,20-,21?,22?,23?,24?,25?,26-,27+,28-,29+,30+,31+,32?,33?,34+,35+,36?,37+,38-,39+,40?,41?,42+,43?,45+,46-,47+,48-,49+,51+/m1/s1. The van der Waals surface area contributed by atoms with Gasteiger partial charge in [0.25, 0.3) is 11.7 Å². The van der Waals surface area contributed by atoms with E-state index in [1.165, 1.54) is 0 Å². The number of carbonyl (C=O) groups is 4. The van der Waals surface area contributed by atoms with E-state index in [1.54, 1.807) is 0 Å². The van der Waals surface area contributed by atoms with Crippen LogP contribution in [-0.2, 0) is 76.0 Å². The summed E-state index contributed by atoms with van der Waals surface area (Å²) in [4.78, 5) is 49.8. The molecule has 91 heavy (non-hydrogen) atoms. The van der Waals surface area contributed by atoms with Crippen molar-refractivity contribution in [1.82, 2.24) is 16.0 Å². The number of hydrogen-bond acceptors (Lipinski definition) is 36. The summed E-state index contributed by atoms with van der Waals surface area (Å²) in [5, 5.41) is 233. The molecule has 6 rings (SSSR count). The molecule has 0 bridgehead atoms. The van der Waals surface area contributed by atoms with Crippen molar-refractivity contribution in [3.63, 3.8) is 0 Å². The maximum atomic E-state index is 13.1. The second-order valence-electron chi connectivity index (χ2n) is 22.6. The topological polar surface area (TPSA) is 640 Å². The number of amides is 3. The number of rotatable bonds is 30.